The maximum Gasteiger partial charge on any atom is 0.328 e. The highest BCUT2D eigenvalue weighted by Crippen LogP contribution is 2.28. The van der Waals surface area contributed by atoms with Crippen LogP contribution in [0.5, 0.6) is 0 Å². The molecule has 0 aliphatic heterocycles. The normalized spacial score (nSPS) is 19.7. The van der Waals surface area contributed by atoms with Gasteiger partial charge in [0, 0.05) is 12.0 Å². The van der Waals surface area contributed by atoms with Gasteiger partial charge in [0.1, 0.15) is 5.54 Å². The summed E-state index contributed by atoms with van der Waals surface area (Å²) < 4.78 is 0. The van der Waals surface area contributed by atoms with Crippen molar-refractivity contribution in [2.24, 2.45) is 5.73 Å². The zero-order chi connectivity index (χ0) is 13.1. The number of carbonyl (C=O) groups excluding carboxylic acids is 1. The van der Waals surface area contributed by atoms with E-state index in [0.717, 1.165) is 25.7 Å². The van der Waals surface area contributed by atoms with Gasteiger partial charge in [0.05, 0.1) is 0 Å². The van der Waals surface area contributed by atoms with E-state index in [0.29, 0.717) is 0 Å². The first kappa shape index (κ1) is 14.0. The Hall–Kier alpha value is -1.10. The molecule has 0 bridgehead atoms. The van der Waals surface area contributed by atoms with Gasteiger partial charge >= 0.3 is 5.97 Å². The fourth-order valence-electron chi connectivity index (χ4n) is 2.20. The molecule has 0 atom stereocenters. The van der Waals surface area contributed by atoms with Crippen molar-refractivity contribution in [3.8, 4) is 0 Å². The van der Waals surface area contributed by atoms with Crippen LogP contribution in [0.4, 0.5) is 0 Å². The molecular formula is C12H22N2O3. The maximum atomic E-state index is 11.8. The second kappa shape index (κ2) is 5.04. The van der Waals surface area contributed by atoms with Gasteiger partial charge in [-0.2, -0.15) is 0 Å². The summed E-state index contributed by atoms with van der Waals surface area (Å²) in [5, 5.41) is 11.4. The smallest absolute Gasteiger partial charge is 0.328 e. The van der Waals surface area contributed by atoms with Gasteiger partial charge in [0.25, 0.3) is 0 Å². The summed E-state index contributed by atoms with van der Waals surface area (Å²) in [6, 6.07) is 0. The van der Waals surface area contributed by atoms with Gasteiger partial charge in [0.15, 0.2) is 0 Å². The molecule has 1 fully saturated rings. The fraction of sp³-hybridized carbons (Fsp3) is 0.833. The zero-order valence-corrected chi connectivity index (χ0v) is 10.6. The van der Waals surface area contributed by atoms with E-state index in [1.165, 1.54) is 20.3 Å². The van der Waals surface area contributed by atoms with Crippen molar-refractivity contribution >= 4 is 11.9 Å². The van der Waals surface area contributed by atoms with Crippen LogP contribution < -0.4 is 11.1 Å². The van der Waals surface area contributed by atoms with Crippen LogP contribution in [0.1, 0.15) is 52.4 Å². The zero-order valence-electron chi connectivity index (χ0n) is 10.6. The molecule has 0 saturated heterocycles. The second-order valence-electron chi connectivity index (χ2n) is 5.58. The van der Waals surface area contributed by atoms with Crippen LogP contribution in [-0.4, -0.2) is 28.1 Å². The number of carboxylic acids is 1. The number of rotatable bonds is 4. The van der Waals surface area contributed by atoms with Gasteiger partial charge in [-0.1, -0.05) is 19.3 Å². The van der Waals surface area contributed by atoms with E-state index in [9.17, 15) is 9.59 Å². The molecule has 0 radical (unpaired) electrons. The van der Waals surface area contributed by atoms with E-state index >= 15 is 0 Å². The summed E-state index contributed by atoms with van der Waals surface area (Å²) in [4.78, 5) is 22.7. The Morgan fingerprint density at radius 2 is 1.82 bits per heavy atom. The summed E-state index contributed by atoms with van der Waals surface area (Å²) in [7, 11) is 0. The van der Waals surface area contributed by atoms with Crippen molar-refractivity contribution in [1.82, 2.24) is 5.32 Å². The maximum absolute atomic E-state index is 11.8. The third kappa shape index (κ3) is 4.00. The van der Waals surface area contributed by atoms with Gasteiger partial charge in [-0.25, -0.2) is 4.79 Å². The minimum absolute atomic E-state index is 0.212. The Morgan fingerprint density at radius 1 is 1.29 bits per heavy atom. The van der Waals surface area contributed by atoms with Crippen molar-refractivity contribution in [2.75, 3.05) is 0 Å². The number of amides is 1. The van der Waals surface area contributed by atoms with Crippen LogP contribution in [0.3, 0.4) is 0 Å². The molecule has 0 aromatic heterocycles. The lowest BCUT2D eigenvalue weighted by Gasteiger charge is -2.33. The third-order valence-corrected chi connectivity index (χ3v) is 3.35. The molecule has 1 aliphatic rings. The van der Waals surface area contributed by atoms with E-state index in [2.05, 4.69) is 5.32 Å². The molecule has 17 heavy (non-hydrogen) atoms. The van der Waals surface area contributed by atoms with Crippen LogP contribution in [0.25, 0.3) is 0 Å². The van der Waals surface area contributed by atoms with Crippen LogP contribution in [0.2, 0.25) is 0 Å². The van der Waals surface area contributed by atoms with Gasteiger partial charge in [-0.3, -0.25) is 4.79 Å². The lowest BCUT2D eigenvalue weighted by Crippen LogP contribution is -2.53. The van der Waals surface area contributed by atoms with Crippen molar-refractivity contribution < 1.29 is 14.7 Å². The Kier molecular flexibility index (Phi) is 4.14. The van der Waals surface area contributed by atoms with Crippen LogP contribution in [0.15, 0.2) is 0 Å². The van der Waals surface area contributed by atoms with E-state index < -0.39 is 17.0 Å². The summed E-state index contributed by atoms with van der Waals surface area (Å²) >= 11 is 0. The largest absolute Gasteiger partial charge is 0.480 e. The highest BCUT2D eigenvalue weighted by atomic mass is 16.4. The molecule has 5 heteroatoms. The van der Waals surface area contributed by atoms with Gasteiger partial charge in [-0.15, -0.1) is 0 Å². The number of carboxylic acid groups (broad SMARTS) is 1. The average molecular weight is 242 g/mol. The monoisotopic (exact) mass is 242 g/mol. The van der Waals surface area contributed by atoms with Crippen LogP contribution in [-0.2, 0) is 9.59 Å². The summed E-state index contributed by atoms with van der Waals surface area (Å²) in [5.74, 6) is -1.32. The molecule has 0 spiro atoms. The number of nitrogens with one attached hydrogen (secondary N) is 1. The van der Waals surface area contributed by atoms with Crippen LogP contribution in [0, 0.1) is 0 Å². The van der Waals surface area contributed by atoms with Crippen molar-refractivity contribution in [3.63, 3.8) is 0 Å². The van der Waals surface area contributed by atoms with Crippen molar-refractivity contribution in [2.45, 2.75) is 63.5 Å². The highest BCUT2D eigenvalue weighted by Gasteiger charge is 2.34. The minimum atomic E-state index is -1.23. The molecule has 4 N–H and O–H groups in total. The molecule has 1 amide bonds. The molecule has 0 aromatic rings. The molecule has 0 aromatic carbocycles. The molecule has 1 aliphatic carbocycles. The molecule has 1 rings (SSSR count). The van der Waals surface area contributed by atoms with Crippen molar-refractivity contribution in [3.05, 3.63) is 0 Å². The van der Waals surface area contributed by atoms with E-state index in [1.54, 1.807) is 0 Å². The van der Waals surface area contributed by atoms with E-state index in [1.807, 2.05) is 0 Å². The van der Waals surface area contributed by atoms with Crippen LogP contribution >= 0.6 is 0 Å². The van der Waals surface area contributed by atoms with Gasteiger partial charge in [0.2, 0.25) is 5.91 Å². The summed E-state index contributed by atoms with van der Waals surface area (Å²) in [6.45, 7) is 2.94. The summed E-state index contributed by atoms with van der Waals surface area (Å²) in [6.07, 6.45) is 5.16. The molecule has 0 unspecified atom stereocenters. The first-order valence-corrected chi connectivity index (χ1v) is 6.08. The number of carbonyl (C=O) groups is 2. The first-order chi connectivity index (χ1) is 7.75. The molecular weight excluding hydrogens is 220 g/mol. The number of hydrogen-bond donors (Lipinski definition) is 3. The number of nitrogens with two attached hydrogens (primary N) is 1. The minimum Gasteiger partial charge on any atom is -0.480 e. The Bertz CT molecular complexity index is 307. The summed E-state index contributed by atoms with van der Waals surface area (Å²) in [5.41, 5.74) is 4.47. The predicted molar refractivity (Wildman–Crippen MR) is 64.5 cm³/mol. The lowest BCUT2D eigenvalue weighted by molar-refractivity contribution is -0.146. The highest BCUT2D eigenvalue weighted by molar-refractivity contribution is 5.86. The topological polar surface area (TPSA) is 92.4 Å². The van der Waals surface area contributed by atoms with Gasteiger partial charge in [-0.05, 0) is 26.7 Å². The predicted octanol–water partition coefficient (Wildman–Crippen LogP) is 1.02. The molecule has 98 valence electrons. The average Bonchev–Trinajstić information content (AvgIpc) is 2.16. The Balaban J connectivity index is 2.52. The first-order valence-electron chi connectivity index (χ1n) is 6.08. The fourth-order valence-corrected chi connectivity index (χ4v) is 2.20. The van der Waals surface area contributed by atoms with E-state index in [-0.39, 0.29) is 12.3 Å². The number of aliphatic carboxylic acids is 1. The second-order valence-corrected chi connectivity index (χ2v) is 5.58. The molecule has 0 heterocycles. The van der Waals surface area contributed by atoms with Gasteiger partial charge < -0.3 is 16.2 Å². The Morgan fingerprint density at radius 3 is 2.29 bits per heavy atom. The SMILES string of the molecule is CC(C)(NC(=O)CC1(N)CCCCC1)C(=O)O. The van der Waals surface area contributed by atoms with E-state index in [4.69, 9.17) is 10.8 Å². The quantitative estimate of drug-likeness (QED) is 0.686. The molecule has 5 nitrogen and oxygen atoms in total. The molecule has 1 saturated carbocycles. The Labute approximate surface area is 102 Å². The van der Waals surface area contributed by atoms with Crippen molar-refractivity contribution in [1.29, 1.82) is 0 Å². The number of hydrogen-bond acceptors (Lipinski definition) is 3. The standard InChI is InChI=1S/C12H22N2O3/c1-11(2,10(16)17)14-9(15)8-12(13)6-4-3-5-7-12/h3-8,13H2,1-2H3,(H,14,15)(H,16,17). The third-order valence-electron chi connectivity index (χ3n) is 3.35. The lowest BCUT2D eigenvalue weighted by atomic mass is 9.80.